The second-order valence-electron chi connectivity index (χ2n) is 4.45. The number of hydrogen-bond acceptors (Lipinski definition) is 5. The Balaban J connectivity index is 1.91. The number of amides is 1. The monoisotopic (exact) mass is 297 g/mol. The molecule has 1 amide bonds. The van der Waals surface area contributed by atoms with Crippen molar-refractivity contribution < 1.29 is 4.79 Å². The molecule has 104 valence electrons. The SMILES string of the molecule is [B]c1nc(C2=CCNC(NC(C)=O)=C2)sc1-c1ncc[nH]1. The predicted octanol–water partition coefficient (Wildman–Crippen LogP) is 0.291. The van der Waals surface area contributed by atoms with Crippen LogP contribution in [0.15, 0.2) is 30.4 Å². The van der Waals surface area contributed by atoms with E-state index in [-0.39, 0.29) is 5.91 Å². The van der Waals surface area contributed by atoms with Gasteiger partial charge in [-0.1, -0.05) is 6.08 Å². The van der Waals surface area contributed by atoms with E-state index in [2.05, 4.69) is 25.6 Å². The first-order valence-corrected chi connectivity index (χ1v) is 7.15. The van der Waals surface area contributed by atoms with Crippen molar-refractivity contribution in [3.05, 3.63) is 35.4 Å². The highest BCUT2D eigenvalue weighted by atomic mass is 32.1. The standard InChI is InChI=1S/C13H12BN5OS/c1-7(20)18-9-6-8(2-3-15-9)13-19-11(14)10(21-13)12-16-4-5-17-12/h2,4-6,15H,3H2,1H3,(H,16,17)(H,18,20). The van der Waals surface area contributed by atoms with Gasteiger partial charge in [0.15, 0.2) is 0 Å². The van der Waals surface area contributed by atoms with E-state index in [1.165, 1.54) is 18.3 Å². The average molecular weight is 297 g/mol. The molecule has 0 saturated carbocycles. The summed E-state index contributed by atoms with van der Waals surface area (Å²) in [4.78, 5) is 23.5. The van der Waals surface area contributed by atoms with Crippen LogP contribution in [0.25, 0.3) is 16.3 Å². The number of imidazole rings is 1. The molecule has 6 nitrogen and oxygen atoms in total. The minimum Gasteiger partial charge on any atom is -0.368 e. The Morgan fingerprint density at radius 2 is 2.38 bits per heavy atom. The zero-order valence-electron chi connectivity index (χ0n) is 11.3. The number of carbonyl (C=O) groups excluding carboxylic acids is 1. The highest BCUT2D eigenvalue weighted by Crippen LogP contribution is 2.27. The van der Waals surface area contributed by atoms with Crippen LogP contribution in [0.4, 0.5) is 0 Å². The molecule has 21 heavy (non-hydrogen) atoms. The Kier molecular flexibility index (Phi) is 3.61. The van der Waals surface area contributed by atoms with E-state index in [4.69, 9.17) is 7.85 Å². The van der Waals surface area contributed by atoms with Crippen LogP contribution in [0.3, 0.4) is 0 Å². The van der Waals surface area contributed by atoms with Crippen molar-refractivity contribution in [1.82, 2.24) is 25.6 Å². The van der Waals surface area contributed by atoms with Crippen molar-refractivity contribution in [2.24, 2.45) is 0 Å². The molecule has 0 aromatic carbocycles. The number of nitrogens with zero attached hydrogens (tertiary/aromatic N) is 2. The van der Waals surface area contributed by atoms with Crippen molar-refractivity contribution in [2.75, 3.05) is 6.54 Å². The molecule has 0 bridgehead atoms. The first-order chi connectivity index (χ1) is 10.1. The Morgan fingerprint density at radius 1 is 1.52 bits per heavy atom. The lowest BCUT2D eigenvalue weighted by Gasteiger charge is -2.15. The van der Waals surface area contributed by atoms with Crippen LogP contribution in [0.5, 0.6) is 0 Å². The maximum absolute atomic E-state index is 11.1. The smallest absolute Gasteiger partial charge is 0.222 e. The van der Waals surface area contributed by atoms with Crippen LogP contribution in [0, 0.1) is 0 Å². The molecule has 0 saturated heterocycles. The minimum absolute atomic E-state index is 0.120. The summed E-state index contributed by atoms with van der Waals surface area (Å²) in [5.41, 5.74) is 1.37. The van der Waals surface area contributed by atoms with Crippen LogP contribution >= 0.6 is 11.3 Å². The van der Waals surface area contributed by atoms with E-state index in [0.29, 0.717) is 23.8 Å². The normalized spacial score (nSPS) is 14.1. The number of aromatic nitrogens is 3. The summed E-state index contributed by atoms with van der Waals surface area (Å²) in [6.07, 6.45) is 7.25. The summed E-state index contributed by atoms with van der Waals surface area (Å²) in [7, 11) is 5.96. The summed E-state index contributed by atoms with van der Waals surface area (Å²) >= 11 is 1.46. The van der Waals surface area contributed by atoms with Crippen molar-refractivity contribution in [2.45, 2.75) is 6.92 Å². The molecule has 1 aliphatic heterocycles. The number of dihydropyridines is 1. The fourth-order valence-electron chi connectivity index (χ4n) is 1.97. The minimum atomic E-state index is -0.120. The van der Waals surface area contributed by atoms with Crippen LogP contribution in [-0.2, 0) is 4.79 Å². The van der Waals surface area contributed by atoms with E-state index in [0.717, 1.165) is 15.5 Å². The van der Waals surface area contributed by atoms with Crippen molar-refractivity contribution >= 4 is 36.3 Å². The van der Waals surface area contributed by atoms with Gasteiger partial charge < -0.3 is 15.6 Å². The van der Waals surface area contributed by atoms with Crippen LogP contribution in [-0.4, -0.2) is 35.3 Å². The van der Waals surface area contributed by atoms with Gasteiger partial charge in [-0.3, -0.25) is 9.78 Å². The number of hydrogen-bond donors (Lipinski definition) is 3. The number of nitrogens with one attached hydrogen (secondary N) is 3. The average Bonchev–Trinajstić information content (AvgIpc) is 3.07. The Bertz CT molecular complexity index is 732. The number of carbonyl (C=O) groups is 1. The summed E-state index contributed by atoms with van der Waals surface area (Å²) in [5.74, 6) is 1.25. The van der Waals surface area contributed by atoms with E-state index in [9.17, 15) is 4.79 Å². The second-order valence-corrected chi connectivity index (χ2v) is 5.45. The van der Waals surface area contributed by atoms with Gasteiger partial charge in [-0.25, -0.2) is 4.98 Å². The number of allylic oxidation sites excluding steroid dienone is 2. The van der Waals surface area contributed by atoms with Crippen LogP contribution in [0.2, 0.25) is 0 Å². The van der Waals surface area contributed by atoms with Crippen molar-refractivity contribution in [3.63, 3.8) is 0 Å². The third-order valence-corrected chi connectivity index (χ3v) is 3.97. The maximum atomic E-state index is 11.1. The maximum Gasteiger partial charge on any atom is 0.222 e. The molecule has 2 aromatic rings. The highest BCUT2D eigenvalue weighted by molar-refractivity contribution is 7.17. The van der Waals surface area contributed by atoms with Gasteiger partial charge in [-0.15, -0.1) is 11.3 Å². The van der Waals surface area contributed by atoms with Gasteiger partial charge in [0.2, 0.25) is 5.91 Å². The van der Waals surface area contributed by atoms with E-state index in [1.54, 1.807) is 12.4 Å². The lowest BCUT2D eigenvalue weighted by atomic mass is 10.0. The molecule has 2 aromatic heterocycles. The summed E-state index contributed by atoms with van der Waals surface area (Å²) in [6.45, 7) is 2.09. The molecule has 2 radical (unpaired) electrons. The molecule has 0 atom stereocenters. The Morgan fingerprint density at radius 3 is 3.10 bits per heavy atom. The topological polar surface area (TPSA) is 82.7 Å². The van der Waals surface area contributed by atoms with Gasteiger partial charge in [0.1, 0.15) is 24.5 Å². The third-order valence-electron chi connectivity index (χ3n) is 2.84. The Hall–Kier alpha value is -2.35. The quantitative estimate of drug-likeness (QED) is 0.711. The molecule has 3 N–H and O–H groups in total. The van der Waals surface area contributed by atoms with Gasteiger partial charge in [0.05, 0.1) is 4.88 Å². The molecule has 8 heteroatoms. The zero-order chi connectivity index (χ0) is 14.8. The van der Waals surface area contributed by atoms with Gasteiger partial charge in [-0.05, 0) is 6.08 Å². The predicted molar refractivity (Wildman–Crippen MR) is 83.0 cm³/mol. The van der Waals surface area contributed by atoms with Gasteiger partial charge in [0, 0.05) is 37.0 Å². The molecular weight excluding hydrogens is 285 g/mol. The van der Waals surface area contributed by atoms with Gasteiger partial charge in [0.25, 0.3) is 0 Å². The summed E-state index contributed by atoms with van der Waals surface area (Å²) < 4.78 is 0. The van der Waals surface area contributed by atoms with Crippen molar-refractivity contribution in [3.8, 4) is 10.7 Å². The number of H-pyrrole nitrogens is 1. The fourth-order valence-corrected chi connectivity index (χ4v) is 2.93. The largest absolute Gasteiger partial charge is 0.368 e. The first-order valence-electron chi connectivity index (χ1n) is 6.33. The van der Waals surface area contributed by atoms with Crippen LogP contribution in [0.1, 0.15) is 11.9 Å². The molecule has 0 unspecified atom stereocenters. The lowest BCUT2D eigenvalue weighted by molar-refractivity contribution is -0.118. The summed E-state index contributed by atoms with van der Waals surface area (Å²) in [6, 6.07) is 0. The van der Waals surface area contributed by atoms with E-state index >= 15 is 0 Å². The first kappa shape index (κ1) is 13.6. The summed E-state index contributed by atoms with van der Waals surface area (Å²) in [5, 5.41) is 6.60. The zero-order valence-corrected chi connectivity index (χ0v) is 12.1. The molecular formula is C13H12BN5OS. The van der Waals surface area contributed by atoms with E-state index < -0.39 is 0 Å². The van der Waals surface area contributed by atoms with Crippen molar-refractivity contribution in [1.29, 1.82) is 0 Å². The molecule has 3 heterocycles. The molecule has 3 rings (SSSR count). The van der Waals surface area contributed by atoms with Crippen LogP contribution < -0.4 is 16.2 Å². The third kappa shape index (κ3) is 2.90. The fraction of sp³-hybridized carbons (Fsp3) is 0.154. The molecule has 0 spiro atoms. The number of rotatable bonds is 3. The second kappa shape index (κ2) is 5.57. The van der Waals surface area contributed by atoms with E-state index in [1.807, 2.05) is 12.2 Å². The van der Waals surface area contributed by atoms with Gasteiger partial charge >= 0.3 is 0 Å². The molecule has 0 aliphatic carbocycles. The molecule has 0 fully saturated rings. The lowest BCUT2D eigenvalue weighted by Crippen LogP contribution is -2.31. The molecule has 1 aliphatic rings. The Labute approximate surface area is 126 Å². The van der Waals surface area contributed by atoms with Gasteiger partial charge in [-0.2, -0.15) is 0 Å². The highest BCUT2D eigenvalue weighted by Gasteiger charge is 2.15. The number of aromatic amines is 1. The number of thiazole rings is 1.